The van der Waals surface area contributed by atoms with Gasteiger partial charge in [-0.15, -0.1) is 0 Å². The number of nitrogens with zero attached hydrogens (tertiary/aromatic N) is 1. The minimum atomic E-state index is 0.170. The van der Waals surface area contributed by atoms with Crippen LogP contribution in [0.25, 0.3) is 0 Å². The van der Waals surface area contributed by atoms with Crippen LogP contribution in [-0.4, -0.2) is 24.5 Å². The standard InChI is InChI=1S/C15H22N2/c1-13-7-10-17(11-8-13)12-9-15(16)14-5-3-2-4-6-14/h2-7,15H,8-12,16H2,1H3. The monoisotopic (exact) mass is 230 g/mol. The summed E-state index contributed by atoms with van der Waals surface area (Å²) in [5.74, 6) is 0. The molecule has 1 aliphatic heterocycles. The van der Waals surface area contributed by atoms with Gasteiger partial charge in [-0.3, -0.25) is 4.90 Å². The summed E-state index contributed by atoms with van der Waals surface area (Å²) in [7, 11) is 0. The van der Waals surface area contributed by atoms with E-state index >= 15 is 0 Å². The number of rotatable bonds is 4. The van der Waals surface area contributed by atoms with E-state index in [2.05, 4.69) is 42.2 Å². The van der Waals surface area contributed by atoms with Gasteiger partial charge in [0.25, 0.3) is 0 Å². The van der Waals surface area contributed by atoms with Crippen molar-refractivity contribution in [2.45, 2.75) is 25.8 Å². The van der Waals surface area contributed by atoms with Crippen molar-refractivity contribution in [2.75, 3.05) is 19.6 Å². The molecule has 2 rings (SSSR count). The Kier molecular flexibility index (Phi) is 4.35. The largest absolute Gasteiger partial charge is 0.324 e. The maximum atomic E-state index is 6.20. The molecule has 2 nitrogen and oxygen atoms in total. The number of hydrogen-bond donors (Lipinski definition) is 1. The topological polar surface area (TPSA) is 29.3 Å². The van der Waals surface area contributed by atoms with Crippen molar-refractivity contribution in [1.29, 1.82) is 0 Å². The summed E-state index contributed by atoms with van der Waals surface area (Å²) in [6.07, 6.45) is 4.58. The molecular weight excluding hydrogens is 208 g/mol. The Bertz CT molecular complexity index is 370. The second-order valence-corrected chi connectivity index (χ2v) is 4.91. The molecule has 0 aromatic heterocycles. The molecule has 0 spiro atoms. The van der Waals surface area contributed by atoms with Crippen molar-refractivity contribution in [1.82, 2.24) is 4.90 Å². The first kappa shape index (κ1) is 12.3. The highest BCUT2D eigenvalue weighted by molar-refractivity contribution is 5.18. The Labute approximate surface area is 104 Å². The first-order valence-electron chi connectivity index (χ1n) is 6.44. The van der Waals surface area contributed by atoms with E-state index in [1.54, 1.807) is 0 Å². The molecule has 0 radical (unpaired) electrons. The van der Waals surface area contributed by atoms with E-state index < -0.39 is 0 Å². The SMILES string of the molecule is CC1=CCN(CCC(N)c2ccccc2)CC1. The third-order valence-electron chi connectivity index (χ3n) is 3.50. The van der Waals surface area contributed by atoms with Gasteiger partial charge >= 0.3 is 0 Å². The van der Waals surface area contributed by atoms with Gasteiger partial charge in [0.15, 0.2) is 0 Å². The summed E-state index contributed by atoms with van der Waals surface area (Å²) >= 11 is 0. The van der Waals surface area contributed by atoms with E-state index in [4.69, 9.17) is 5.73 Å². The van der Waals surface area contributed by atoms with Gasteiger partial charge < -0.3 is 5.73 Å². The van der Waals surface area contributed by atoms with Gasteiger partial charge in [0.1, 0.15) is 0 Å². The summed E-state index contributed by atoms with van der Waals surface area (Å²) in [4.78, 5) is 2.48. The minimum Gasteiger partial charge on any atom is -0.324 e. The van der Waals surface area contributed by atoms with E-state index in [0.717, 1.165) is 19.5 Å². The van der Waals surface area contributed by atoms with Crippen LogP contribution in [0.2, 0.25) is 0 Å². The fourth-order valence-corrected chi connectivity index (χ4v) is 2.20. The van der Waals surface area contributed by atoms with Crippen LogP contribution in [0.1, 0.15) is 31.4 Å². The number of hydrogen-bond acceptors (Lipinski definition) is 2. The zero-order valence-corrected chi connectivity index (χ0v) is 10.6. The summed E-state index contributed by atoms with van der Waals surface area (Å²) in [6, 6.07) is 10.6. The van der Waals surface area contributed by atoms with Crippen LogP contribution in [-0.2, 0) is 0 Å². The van der Waals surface area contributed by atoms with Gasteiger partial charge in [-0.1, -0.05) is 42.0 Å². The van der Waals surface area contributed by atoms with E-state index in [1.807, 2.05) is 6.07 Å². The lowest BCUT2D eigenvalue weighted by atomic mass is 10.0. The summed E-state index contributed by atoms with van der Waals surface area (Å²) in [5.41, 5.74) is 8.97. The predicted octanol–water partition coefficient (Wildman–Crippen LogP) is 2.73. The van der Waals surface area contributed by atoms with Crippen molar-refractivity contribution < 1.29 is 0 Å². The quantitative estimate of drug-likeness (QED) is 0.806. The van der Waals surface area contributed by atoms with Gasteiger partial charge in [-0.2, -0.15) is 0 Å². The molecule has 1 heterocycles. The van der Waals surface area contributed by atoms with Crippen LogP contribution in [0.5, 0.6) is 0 Å². The molecule has 17 heavy (non-hydrogen) atoms. The van der Waals surface area contributed by atoms with Crippen LogP contribution >= 0.6 is 0 Å². The molecule has 2 heteroatoms. The van der Waals surface area contributed by atoms with Crippen LogP contribution < -0.4 is 5.73 Å². The Morgan fingerprint density at radius 2 is 2.06 bits per heavy atom. The third-order valence-corrected chi connectivity index (χ3v) is 3.50. The van der Waals surface area contributed by atoms with Crippen molar-refractivity contribution >= 4 is 0 Å². The number of benzene rings is 1. The Morgan fingerprint density at radius 3 is 2.71 bits per heavy atom. The molecule has 0 fully saturated rings. The number of nitrogens with two attached hydrogens (primary N) is 1. The van der Waals surface area contributed by atoms with Crippen LogP contribution in [0.4, 0.5) is 0 Å². The zero-order valence-electron chi connectivity index (χ0n) is 10.6. The van der Waals surface area contributed by atoms with E-state index in [1.165, 1.54) is 24.1 Å². The Morgan fingerprint density at radius 1 is 1.29 bits per heavy atom. The molecule has 2 N–H and O–H groups in total. The van der Waals surface area contributed by atoms with E-state index in [9.17, 15) is 0 Å². The summed E-state index contributed by atoms with van der Waals surface area (Å²) in [5, 5.41) is 0. The van der Waals surface area contributed by atoms with Crippen LogP contribution in [0, 0.1) is 0 Å². The smallest absolute Gasteiger partial charge is 0.0307 e. The molecule has 0 aliphatic carbocycles. The average Bonchev–Trinajstić information content (AvgIpc) is 2.39. The van der Waals surface area contributed by atoms with Crippen molar-refractivity contribution in [3.05, 3.63) is 47.5 Å². The first-order chi connectivity index (χ1) is 8.25. The molecule has 0 saturated carbocycles. The van der Waals surface area contributed by atoms with E-state index in [-0.39, 0.29) is 6.04 Å². The van der Waals surface area contributed by atoms with E-state index in [0.29, 0.717) is 0 Å². The molecule has 1 atom stereocenters. The third kappa shape index (κ3) is 3.69. The fraction of sp³-hybridized carbons (Fsp3) is 0.467. The molecule has 1 aromatic carbocycles. The first-order valence-corrected chi connectivity index (χ1v) is 6.44. The van der Waals surface area contributed by atoms with Gasteiger partial charge in [0, 0.05) is 25.7 Å². The van der Waals surface area contributed by atoms with Crippen molar-refractivity contribution in [2.24, 2.45) is 5.73 Å². The molecule has 1 aliphatic rings. The van der Waals surface area contributed by atoms with Crippen molar-refractivity contribution in [3.8, 4) is 0 Å². The highest BCUT2D eigenvalue weighted by Crippen LogP contribution is 2.16. The van der Waals surface area contributed by atoms with Crippen LogP contribution in [0.15, 0.2) is 42.0 Å². The maximum absolute atomic E-state index is 6.20. The second-order valence-electron chi connectivity index (χ2n) is 4.91. The minimum absolute atomic E-state index is 0.170. The van der Waals surface area contributed by atoms with Gasteiger partial charge in [-0.25, -0.2) is 0 Å². The lowest BCUT2D eigenvalue weighted by Gasteiger charge is -2.26. The van der Waals surface area contributed by atoms with Gasteiger partial charge in [-0.05, 0) is 25.3 Å². The van der Waals surface area contributed by atoms with Crippen molar-refractivity contribution in [3.63, 3.8) is 0 Å². The van der Waals surface area contributed by atoms with Gasteiger partial charge in [0.05, 0.1) is 0 Å². The van der Waals surface area contributed by atoms with Crippen LogP contribution in [0.3, 0.4) is 0 Å². The average molecular weight is 230 g/mol. The highest BCUT2D eigenvalue weighted by atomic mass is 15.1. The Hall–Kier alpha value is -1.12. The lowest BCUT2D eigenvalue weighted by Crippen LogP contribution is -2.31. The molecule has 1 aromatic rings. The highest BCUT2D eigenvalue weighted by Gasteiger charge is 2.11. The lowest BCUT2D eigenvalue weighted by molar-refractivity contribution is 0.282. The summed E-state index contributed by atoms with van der Waals surface area (Å²) < 4.78 is 0. The molecule has 1 unspecified atom stereocenters. The summed E-state index contributed by atoms with van der Waals surface area (Å²) in [6.45, 7) is 5.59. The molecule has 0 amide bonds. The Balaban J connectivity index is 1.79. The predicted molar refractivity (Wildman–Crippen MR) is 72.8 cm³/mol. The molecule has 0 saturated heterocycles. The second kappa shape index (κ2) is 5.99. The zero-order chi connectivity index (χ0) is 12.1. The molecule has 92 valence electrons. The fourth-order valence-electron chi connectivity index (χ4n) is 2.20. The molecule has 0 bridgehead atoms. The normalized spacial score (nSPS) is 18.8. The molecular formula is C15H22N2. The van der Waals surface area contributed by atoms with Gasteiger partial charge in [0.2, 0.25) is 0 Å². The maximum Gasteiger partial charge on any atom is 0.0307 e.